The maximum absolute atomic E-state index is 10.4. The Morgan fingerprint density at radius 3 is 2.75 bits per heavy atom. The van der Waals surface area contributed by atoms with Gasteiger partial charge in [-0.05, 0) is 11.6 Å². The van der Waals surface area contributed by atoms with Gasteiger partial charge in [0.1, 0.15) is 6.29 Å². The van der Waals surface area contributed by atoms with Crippen LogP contribution < -0.4 is 11.1 Å². The Kier molecular flexibility index (Phi) is 2.82. The van der Waals surface area contributed by atoms with Crippen LogP contribution in [0.5, 0.6) is 0 Å². The average molecular weight is 164 g/mol. The zero-order chi connectivity index (χ0) is 8.97. The van der Waals surface area contributed by atoms with Crippen LogP contribution in [-0.2, 0) is 4.79 Å². The number of para-hydroxylation sites is 1. The Morgan fingerprint density at radius 2 is 2.17 bits per heavy atom. The molecule has 0 aliphatic carbocycles. The SMILES string of the molecule is CNc1ccccc1C(N)C=O. The van der Waals surface area contributed by atoms with Gasteiger partial charge in [0.15, 0.2) is 0 Å². The van der Waals surface area contributed by atoms with Crippen LogP contribution in [0.2, 0.25) is 0 Å². The number of hydrogen-bond acceptors (Lipinski definition) is 3. The second kappa shape index (κ2) is 3.88. The highest BCUT2D eigenvalue weighted by Gasteiger charge is 2.07. The van der Waals surface area contributed by atoms with E-state index in [-0.39, 0.29) is 0 Å². The number of carbonyl (C=O) groups is 1. The van der Waals surface area contributed by atoms with Crippen molar-refractivity contribution in [2.75, 3.05) is 12.4 Å². The first-order valence-corrected chi connectivity index (χ1v) is 3.77. The van der Waals surface area contributed by atoms with Crippen LogP contribution in [-0.4, -0.2) is 13.3 Å². The third-order valence-corrected chi connectivity index (χ3v) is 1.74. The van der Waals surface area contributed by atoms with Crippen LogP contribution in [0.15, 0.2) is 24.3 Å². The molecule has 3 nitrogen and oxygen atoms in total. The molecule has 0 spiro atoms. The molecule has 3 N–H and O–H groups in total. The van der Waals surface area contributed by atoms with E-state index in [4.69, 9.17) is 5.73 Å². The van der Waals surface area contributed by atoms with Gasteiger partial charge < -0.3 is 15.8 Å². The van der Waals surface area contributed by atoms with Crippen LogP contribution in [0.25, 0.3) is 0 Å². The van der Waals surface area contributed by atoms with E-state index in [0.29, 0.717) is 0 Å². The number of hydrogen-bond donors (Lipinski definition) is 2. The third kappa shape index (κ3) is 1.62. The number of aldehydes is 1. The van der Waals surface area contributed by atoms with Crippen molar-refractivity contribution in [3.05, 3.63) is 29.8 Å². The predicted octanol–water partition coefficient (Wildman–Crippen LogP) is 0.927. The minimum atomic E-state index is -0.534. The van der Waals surface area contributed by atoms with Crippen LogP contribution >= 0.6 is 0 Å². The zero-order valence-corrected chi connectivity index (χ0v) is 6.95. The van der Waals surface area contributed by atoms with E-state index in [0.717, 1.165) is 17.5 Å². The quantitative estimate of drug-likeness (QED) is 0.653. The third-order valence-electron chi connectivity index (χ3n) is 1.74. The number of rotatable bonds is 3. The van der Waals surface area contributed by atoms with Crippen molar-refractivity contribution in [3.8, 4) is 0 Å². The van der Waals surface area contributed by atoms with Gasteiger partial charge in [-0.15, -0.1) is 0 Å². The van der Waals surface area contributed by atoms with Crippen molar-refractivity contribution < 1.29 is 4.79 Å². The van der Waals surface area contributed by atoms with Crippen molar-refractivity contribution in [1.29, 1.82) is 0 Å². The Hall–Kier alpha value is -1.35. The maximum atomic E-state index is 10.4. The highest BCUT2D eigenvalue weighted by Crippen LogP contribution is 2.18. The van der Waals surface area contributed by atoms with E-state index in [2.05, 4.69) is 5.32 Å². The van der Waals surface area contributed by atoms with Gasteiger partial charge in [-0.3, -0.25) is 0 Å². The first-order chi connectivity index (χ1) is 5.79. The minimum absolute atomic E-state index is 0.534. The lowest BCUT2D eigenvalue weighted by atomic mass is 10.1. The van der Waals surface area contributed by atoms with Gasteiger partial charge in [0.2, 0.25) is 0 Å². The van der Waals surface area contributed by atoms with E-state index in [1.807, 2.05) is 24.3 Å². The molecule has 1 aromatic rings. The minimum Gasteiger partial charge on any atom is -0.388 e. The molecule has 0 saturated carbocycles. The molecule has 1 rings (SSSR count). The van der Waals surface area contributed by atoms with Crippen LogP contribution in [0.1, 0.15) is 11.6 Å². The number of anilines is 1. The lowest BCUT2D eigenvalue weighted by molar-refractivity contribution is -0.109. The van der Waals surface area contributed by atoms with Gasteiger partial charge in [0, 0.05) is 12.7 Å². The van der Waals surface area contributed by atoms with Gasteiger partial charge >= 0.3 is 0 Å². The van der Waals surface area contributed by atoms with Crippen LogP contribution in [0.3, 0.4) is 0 Å². The standard InChI is InChI=1S/C9H12N2O/c1-11-9-5-3-2-4-7(9)8(10)6-12/h2-6,8,11H,10H2,1H3. The molecule has 0 aliphatic rings. The fraction of sp³-hybridized carbons (Fsp3) is 0.222. The molecular formula is C9H12N2O. The molecule has 0 aromatic heterocycles. The summed E-state index contributed by atoms with van der Waals surface area (Å²) < 4.78 is 0. The molecule has 0 radical (unpaired) electrons. The molecule has 0 bridgehead atoms. The normalized spacial score (nSPS) is 12.2. The molecule has 0 saturated heterocycles. The Morgan fingerprint density at radius 1 is 1.50 bits per heavy atom. The van der Waals surface area contributed by atoms with Crippen LogP contribution in [0, 0.1) is 0 Å². The Balaban J connectivity index is 3.04. The molecule has 3 heteroatoms. The predicted molar refractivity (Wildman–Crippen MR) is 49.0 cm³/mol. The molecule has 0 fully saturated rings. The second-order valence-electron chi connectivity index (χ2n) is 2.50. The molecule has 0 aliphatic heterocycles. The summed E-state index contributed by atoms with van der Waals surface area (Å²) in [5, 5.41) is 2.97. The summed E-state index contributed by atoms with van der Waals surface area (Å²) in [6, 6.07) is 6.95. The highest BCUT2D eigenvalue weighted by atomic mass is 16.1. The van der Waals surface area contributed by atoms with Gasteiger partial charge in [0.25, 0.3) is 0 Å². The van der Waals surface area contributed by atoms with E-state index in [1.165, 1.54) is 0 Å². The van der Waals surface area contributed by atoms with Gasteiger partial charge in [-0.1, -0.05) is 18.2 Å². The van der Waals surface area contributed by atoms with Gasteiger partial charge in [-0.2, -0.15) is 0 Å². The number of benzene rings is 1. The van der Waals surface area contributed by atoms with E-state index in [1.54, 1.807) is 7.05 Å². The van der Waals surface area contributed by atoms with Gasteiger partial charge in [-0.25, -0.2) is 0 Å². The maximum Gasteiger partial charge on any atom is 0.141 e. The Labute approximate surface area is 71.6 Å². The highest BCUT2D eigenvalue weighted by molar-refractivity contribution is 5.67. The number of nitrogens with two attached hydrogens (primary N) is 1. The molecule has 64 valence electrons. The van der Waals surface area contributed by atoms with Crippen molar-refractivity contribution in [2.45, 2.75) is 6.04 Å². The topological polar surface area (TPSA) is 55.1 Å². The van der Waals surface area contributed by atoms with Crippen molar-refractivity contribution >= 4 is 12.0 Å². The average Bonchev–Trinajstić information content (AvgIpc) is 2.16. The monoisotopic (exact) mass is 164 g/mol. The van der Waals surface area contributed by atoms with E-state index >= 15 is 0 Å². The lowest BCUT2D eigenvalue weighted by Gasteiger charge is -2.10. The van der Waals surface area contributed by atoms with Crippen molar-refractivity contribution in [3.63, 3.8) is 0 Å². The summed E-state index contributed by atoms with van der Waals surface area (Å²) in [5.74, 6) is 0. The molecule has 1 unspecified atom stereocenters. The molecule has 0 amide bonds. The smallest absolute Gasteiger partial charge is 0.141 e. The number of nitrogens with one attached hydrogen (secondary N) is 1. The molecule has 0 heterocycles. The van der Waals surface area contributed by atoms with Crippen molar-refractivity contribution in [1.82, 2.24) is 0 Å². The first-order valence-electron chi connectivity index (χ1n) is 3.77. The summed E-state index contributed by atoms with van der Waals surface area (Å²) in [5.41, 5.74) is 7.29. The molecule has 1 atom stereocenters. The van der Waals surface area contributed by atoms with E-state index < -0.39 is 6.04 Å². The molecule has 1 aromatic carbocycles. The fourth-order valence-corrected chi connectivity index (χ4v) is 1.09. The molecular weight excluding hydrogens is 152 g/mol. The lowest BCUT2D eigenvalue weighted by Crippen LogP contribution is -2.13. The molecule has 12 heavy (non-hydrogen) atoms. The number of carbonyl (C=O) groups excluding carboxylic acids is 1. The summed E-state index contributed by atoms with van der Waals surface area (Å²) in [6.45, 7) is 0. The summed E-state index contributed by atoms with van der Waals surface area (Å²) in [6.07, 6.45) is 0.732. The van der Waals surface area contributed by atoms with Crippen molar-refractivity contribution in [2.24, 2.45) is 5.73 Å². The summed E-state index contributed by atoms with van der Waals surface area (Å²) in [7, 11) is 1.80. The summed E-state index contributed by atoms with van der Waals surface area (Å²) >= 11 is 0. The fourth-order valence-electron chi connectivity index (χ4n) is 1.09. The van der Waals surface area contributed by atoms with Gasteiger partial charge in [0.05, 0.1) is 6.04 Å². The first kappa shape index (κ1) is 8.74. The van der Waals surface area contributed by atoms with E-state index in [9.17, 15) is 4.79 Å². The summed E-state index contributed by atoms with van der Waals surface area (Å²) in [4.78, 5) is 10.4. The zero-order valence-electron chi connectivity index (χ0n) is 6.95. The Bertz CT molecular complexity index is 273. The largest absolute Gasteiger partial charge is 0.388 e. The second-order valence-corrected chi connectivity index (χ2v) is 2.50. The van der Waals surface area contributed by atoms with Crippen LogP contribution in [0.4, 0.5) is 5.69 Å².